The highest BCUT2D eigenvalue weighted by Crippen LogP contribution is 2.77. The van der Waals surface area contributed by atoms with E-state index in [4.69, 9.17) is 4.74 Å². The minimum atomic E-state index is -1.17. The number of hydrogen-bond acceptors (Lipinski definition) is 7. The van der Waals surface area contributed by atoms with Crippen LogP contribution in [0.2, 0.25) is 0 Å². The number of rotatable bonds is 13. The fourth-order valence-electron chi connectivity index (χ4n) is 14.1. The van der Waals surface area contributed by atoms with Gasteiger partial charge in [0.1, 0.15) is 6.10 Å². The molecule has 4 fully saturated rings. The van der Waals surface area contributed by atoms with Crippen LogP contribution in [-0.2, 0) is 32.2 Å². The van der Waals surface area contributed by atoms with Crippen molar-refractivity contribution in [2.75, 3.05) is 13.1 Å². The van der Waals surface area contributed by atoms with Gasteiger partial charge >= 0.3 is 11.9 Å². The molecule has 0 spiro atoms. The maximum Gasteiger partial charge on any atom is 0.309 e. The summed E-state index contributed by atoms with van der Waals surface area (Å²) in [6.07, 6.45) is 12.8. The lowest BCUT2D eigenvalue weighted by molar-refractivity contribution is -0.235. The number of aliphatic hydroxyl groups excluding tert-OH is 1. The Labute approximate surface area is 347 Å². The largest absolute Gasteiger partial charge is 0.481 e. The molecule has 7 rings (SSSR count). The third-order valence-electron chi connectivity index (χ3n) is 17.4. The molecular weight excluding hydrogens is 727 g/mol. The van der Waals surface area contributed by atoms with Crippen LogP contribution >= 0.6 is 0 Å². The lowest BCUT2D eigenvalue weighted by atomic mass is 9.33. The van der Waals surface area contributed by atoms with Gasteiger partial charge in [-0.3, -0.25) is 19.3 Å². The number of ether oxygens (including phenoxy) is 1. The van der Waals surface area contributed by atoms with Crippen LogP contribution < -0.4 is 0 Å². The van der Waals surface area contributed by atoms with Crippen molar-refractivity contribution in [2.24, 2.45) is 56.2 Å². The van der Waals surface area contributed by atoms with Gasteiger partial charge in [-0.15, -0.1) is 0 Å². The van der Waals surface area contributed by atoms with Gasteiger partial charge < -0.3 is 19.5 Å². The Kier molecular flexibility index (Phi) is 11.3. The molecule has 2 N–H and O–H groups in total. The van der Waals surface area contributed by atoms with E-state index >= 15 is 0 Å². The number of aliphatic hydroxyl groups is 1. The van der Waals surface area contributed by atoms with Crippen molar-refractivity contribution in [1.82, 2.24) is 14.5 Å². The molecule has 1 heterocycles. The highest BCUT2D eigenvalue weighted by molar-refractivity contribution is 6.00. The highest BCUT2D eigenvalue weighted by atomic mass is 16.5. The molecule has 0 bridgehead atoms. The minimum Gasteiger partial charge on any atom is -0.481 e. The quantitative estimate of drug-likeness (QED) is 0.193. The van der Waals surface area contributed by atoms with Crippen molar-refractivity contribution in [3.8, 4) is 0 Å². The van der Waals surface area contributed by atoms with Crippen LogP contribution in [0.5, 0.6) is 0 Å². The zero-order valence-electron chi connectivity index (χ0n) is 36.9. The van der Waals surface area contributed by atoms with Crippen molar-refractivity contribution in [3.63, 3.8) is 0 Å². The zero-order valence-corrected chi connectivity index (χ0v) is 36.9. The number of esters is 1. The number of allylic oxidation sites excluding steroid dienone is 1. The number of nitrogens with zero attached hydrogens (tertiary/aromatic N) is 3. The maximum absolute atomic E-state index is 14.4. The van der Waals surface area contributed by atoms with Gasteiger partial charge in [0.05, 0.1) is 24.3 Å². The average molecular weight is 798 g/mol. The van der Waals surface area contributed by atoms with Crippen LogP contribution in [0, 0.1) is 56.2 Å². The van der Waals surface area contributed by atoms with Crippen LogP contribution in [0.15, 0.2) is 60.2 Å². The Balaban J connectivity index is 1.16. The summed E-state index contributed by atoms with van der Waals surface area (Å²) in [5.41, 5.74) is 1.58. The fourth-order valence-corrected chi connectivity index (χ4v) is 14.1. The third-order valence-corrected chi connectivity index (χ3v) is 17.4. The van der Waals surface area contributed by atoms with Crippen LogP contribution in [-0.4, -0.2) is 67.7 Å². The number of aromatic nitrogens is 2. The molecule has 0 unspecified atom stereocenters. The molecule has 0 radical (unpaired) electrons. The average Bonchev–Trinajstić information content (AvgIpc) is 3.78. The number of carbonyl (C=O) groups excluding carboxylic acids is 2. The third kappa shape index (κ3) is 7.02. The Morgan fingerprint density at radius 2 is 1.69 bits per heavy atom. The molecule has 4 saturated carbocycles. The first-order valence-electron chi connectivity index (χ1n) is 22.3. The predicted molar refractivity (Wildman–Crippen MR) is 225 cm³/mol. The number of fused-ring (bicyclic) bond motifs is 7. The number of ketones is 1. The molecule has 2 aromatic rings. The number of imidazole rings is 1. The van der Waals surface area contributed by atoms with Gasteiger partial charge in [-0.05, 0) is 116 Å². The van der Waals surface area contributed by atoms with Crippen LogP contribution in [0.25, 0.3) is 0 Å². The van der Waals surface area contributed by atoms with Crippen LogP contribution in [0.1, 0.15) is 132 Å². The number of Topliss-reactive ketones (excluding diaryl/α,β-unsaturated/α-hetero) is 1. The van der Waals surface area contributed by atoms with Gasteiger partial charge in [0.15, 0.2) is 5.78 Å². The van der Waals surface area contributed by atoms with Gasteiger partial charge in [0, 0.05) is 55.8 Å². The maximum atomic E-state index is 14.4. The number of aliphatic carboxylic acids is 1. The van der Waals surface area contributed by atoms with Gasteiger partial charge in [-0.2, -0.15) is 0 Å². The second kappa shape index (κ2) is 15.3. The fraction of sp³-hybridized carbons (Fsp3) is 0.714. The van der Waals surface area contributed by atoms with Crippen LogP contribution in [0.3, 0.4) is 0 Å². The Hall–Kier alpha value is -3.30. The van der Waals surface area contributed by atoms with Crippen molar-refractivity contribution in [1.29, 1.82) is 0 Å². The molecular formula is C49H71N3O6. The van der Waals surface area contributed by atoms with E-state index in [9.17, 15) is 24.6 Å². The monoisotopic (exact) mass is 798 g/mol. The molecule has 1 aromatic heterocycles. The lowest BCUT2D eigenvalue weighted by Crippen LogP contribution is -2.66. The van der Waals surface area contributed by atoms with Crippen LogP contribution in [0.4, 0.5) is 0 Å². The highest BCUT2D eigenvalue weighted by Gasteiger charge is 2.71. The molecule has 5 aliphatic carbocycles. The molecule has 1 aromatic carbocycles. The summed E-state index contributed by atoms with van der Waals surface area (Å²) in [5.74, 6) is -0.00283. The zero-order chi connectivity index (χ0) is 42.1. The van der Waals surface area contributed by atoms with E-state index in [2.05, 4.69) is 87.2 Å². The van der Waals surface area contributed by atoms with Gasteiger partial charge in [-0.25, -0.2) is 4.98 Å². The van der Waals surface area contributed by atoms with E-state index in [0.717, 1.165) is 76.6 Å². The topological polar surface area (TPSA) is 122 Å². The first-order valence-corrected chi connectivity index (χ1v) is 22.3. The van der Waals surface area contributed by atoms with E-state index in [0.29, 0.717) is 24.8 Å². The molecule has 5 aliphatic rings. The first-order chi connectivity index (χ1) is 27.2. The number of carbonyl (C=O) groups is 3. The van der Waals surface area contributed by atoms with Gasteiger partial charge in [-0.1, -0.05) is 84.4 Å². The summed E-state index contributed by atoms with van der Waals surface area (Å²) in [4.78, 5) is 46.0. The molecule has 0 aliphatic heterocycles. The SMILES string of the molecule is CC(C)C1=C2[C@H]3CC[C@@H]4[C@@]5(C)CC[C@H](OC(=O)CC(C)(C)C(=O)O)C(C)(C)[C@@H]5CC[C@@]4(C)[C@]3(C)CC[C@@]2([C@@H](O)CN(CCn2ccnc2)Cc2ccccc2)CC1=O. The molecule has 318 valence electrons. The second-order valence-electron chi connectivity index (χ2n) is 21.6. The van der Waals surface area contributed by atoms with E-state index in [1.807, 2.05) is 24.8 Å². The van der Waals surface area contributed by atoms with E-state index in [1.54, 1.807) is 13.8 Å². The van der Waals surface area contributed by atoms with E-state index in [1.165, 1.54) is 11.1 Å². The normalized spacial score (nSPS) is 34.9. The van der Waals surface area contributed by atoms with E-state index in [-0.39, 0.29) is 51.8 Å². The summed E-state index contributed by atoms with van der Waals surface area (Å²) in [5, 5.41) is 22.4. The van der Waals surface area contributed by atoms with Crippen molar-refractivity contribution >= 4 is 17.7 Å². The standard InChI is InChI=1S/C49H71N3O6/c1-32(2)41-35(53)27-49(38(54)30-52(26-25-51-24-23-50-31-51)29-33-13-11-10-12-14-33)22-21-47(8)34(42(41)49)15-16-37-46(7)19-18-39(58-40(55)28-44(3,4)43(56)57)45(5,6)36(46)17-20-48(37,47)9/h10-14,23-24,31-32,34,36-39,54H,15-22,25-30H2,1-9H3,(H,56,57)/t34-,36+,37-,38+,39+,46+,47-,48-,49+/m1/s1. The van der Waals surface area contributed by atoms with E-state index < -0.39 is 28.9 Å². The predicted octanol–water partition coefficient (Wildman–Crippen LogP) is 9.14. The molecule has 0 amide bonds. The number of hydrogen-bond donors (Lipinski definition) is 2. The molecule has 9 heteroatoms. The summed E-state index contributed by atoms with van der Waals surface area (Å²) >= 11 is 0. The number of carboxylic acid groups (broad SMARTS) is 1. The molecule has 9 atom stereocenters. The Bertz CT molecular complexity index is 1890. The molecule has 0 saturated heterocycles. The Morgan fingerprint density at radius 1 is 0.966 bits per heavy atom. The Morgan fingerprint density at radius 3 is 2.34 bits per heavy atom. The second-order valence-corrected chi connectivity index (χ2v) is 21.6. The molecule has 58 heavy (non-hydrogen) atoms. The van der Waals surface area contributed by atoms with Crippen molar-refractivity contribution in [3.05, 3.63) is 65.8 Å². The van der Waals surface area contributed by atoms with Gasteiger partial charge in [0.25, 0.3) is 0 Å². The summed E-state index contributed by atoms with van der Waals surface area (Å²) in [7, 11) is 0. The van der Waals surface area contributed by atoms with Crippen molar-refractivity contribution in [2.45, 2.75) is 152 Å². The lowest BCUT2D eigenvalue weighted by Gasteiger charge is -2.72. The smallest absolute Gasteiger partial charge is 0.309 e. The number of carboxylic acids is 1. The summed E-state index contributed by atoms with van der Waals surface area (Å²) in [6.45, 7) is 22.5. The van der Waals surface area contributed by atoms with Gasteiger partial charge in [0.2, 0.25) is 0 Å². The van der Waals surface area contributed by atoms with Crippen molar-refractivity contribution < 1.29 is 29.3 Å². The summed E-state index contributed by atoms with van der Waals surface area (Å²) in [6, 6.07) is 10.5. The first kappa shape index (κ1) is 42.8. The minimum absolute atomic E-state index is 0.0335. The molecule has 9 nitrogen and oxygen atoms in total. The number of benzene rings is 1. The summed E-state index contributed by atoms with van der Waals surface area (Å²) < 4.78 is 8.29.